The van der Waals surface area contributed by atoms with E-state index in [0.29, 0.717) is 11.6 Å². The molecular weight excluding hydrogens is 234 g/mol. The Morgan fingerprint density at radius 1 is 1.17 bits per heavy atom. The van der Waals surface area contributed by atoms with E-state index in [1.807, 2.05) is 0 Å². The molecule has 0 radical (unpaired) electrons. The summed E-state index contributed by atoms with van der Waals surface area (Å²) < 4.78 is 5.02. The maximum atomic E-state index is 11.5. The van der Waals surface area contributed by atoms with E-state index < -0.39 is 11.8 Å². The van der Waals surface area contributed by atoms with Gasteiger partial charge in [-0.1, -0.05) is 6.07 Å². The van der Waals surface area contributed by atoms with E-state index in [1.165, 1.54) is 12.5 Å². The van der Waals surface area contributed by atoms with Gasteiger partial charge in [-0.3, -0.25) is 9.59 Å². The second-order valence-electron chi connectivity index (χ2n) is 3.43. The van der Waals surface area contributed by atoms with E-state index in [-0.39, 0.29) is 6.54 Å². The summed E-state index contributed by atoms with van der Waals surface area (Å²) in [6.45, 7) is 0.168. The molecule has 2 N–H and O–H groups in total. The number of amides is 2. The highest BCUT2D eigenvalue weighted by Gasteiger charge is 2.13. The van der Waals surface area contributed by atoms with Crippen LogP contribution in [-0.4, -0.2) is 16.8 Å². The first-order valence-electron chi connectivity index (χ1n) is 5.28. The third kappa shape index (κ3) is 3.18. The molecule has 2 heterocycles. The molecule has 2 aromatic rings. The smallest absolute Gasteiger partial charge is 0.314 e. The molecule has 2 aromatic heterocycles. The molecular formula is C12H11N3O3. The number of hydrogen-bond donors (Lipinski definition) is 2. The number of carbonyl (C=O) groups excluding carboxylic acids is 2. The van der Waals surface area contributed by atoms with Gasteiger partial charge in [-0.25, -0.2) is 4.98 Å². The van der Waals surface area contributed by atoms with Crippen LogP contribution in [-0.2, 0) is 16.1 Å². The Bertz CT molecular complexity index is 523. The molecule has 18 heavy (non-hydrogen) atoms. The third-order valence-corrected chi connectivity index (χ3v) is 2.12. The minimum absolute atomic E-state index is 0.168. The van der Waals surface area contributed by atoms with Crippen molar-refractivity contribution in [3.8, 4) is 0 Å². The molecule has 0 unspecified atom stereocenters. The first kappa shape index (κ1) is 11.8. The minimum atomic E-state index is -0.764. The topological polar surface area (TPSA) is 84.2 Å². The largest absolute Gasteiger partial charge is 0.467 e. The van der Waals surface area contributed by atoms with Crippen molar-refractivity contribution in [2.24, 2.45) is 0 Å². The van der Waals surface area contributed by atoms with Crippen molar-refractivity contribution < 1.29 is 14.0 Å². The van der Waals surface area contributed by atoms with Crippen molar-refractivity contribution >= 4 is 17.6 Å². The summed E-state index contributed by atoms with van der Waals surface area (Å²) in [6.07, 6.45) is 3.02. The van der Waals surface area contributed by atoms with Gasteiger partial charge in [-0.2, -0.15) is 0 Å². The summed E-state index contributed by atoms with van der Waals surface area (Å²) in [4.78, 5) is 26.8. The third-order valence-electron chi connectivity index (χ3n) is 2.12. The van der Waals surface area contributed by atoms with Crippen molar-refractivity contribution in [3.05, 3.63) is 48.6 Å². The standard InChI is InChI=1S/C12H11N3O3/c16-11(14-8-9-4-3-7-18-9)12(17)15-10-5-1-2-6-13-10/h1-7H,8H2,(H,14,16)(H,13,15,17). The van der Waals surface area contributed by atoms with Gasteiger partial charge in [0, 0.05) is 6.20 Å². The Labute approximate surface area is 103 Å². The van der Waals surface area contributed by atoms with Crippen LogP contribution < -0.4 is 10.6 Å². The van der Waals surface area contributed by atoms with Gasteiger partial charge in [-0.15, -0.1) is 0 Å². The Morgan fingerprint density at radius 3 is 2.72 bits per heavy atom. The minimum Gasteiger partial charge on any atom is -0.467 e. The van der Waals surface area contributed by atoms with Crippen molar-refractivity contribution in [1.82, 2.24) is 10.3 Å². The SMILES string of the molecule is O=C(NCc1ccco1)C(=O)Nc1ccccn1. The van der Waals surface area contributed by atoms with Gasteiger partial charge in [0.15, 0.2) is 0 Å². The lowest BCUT2D eigenvalue weighted by Gasteiger charge is -2.04. The maximum absolute atomic E-state index is 11.5. The van der Waals surface area contributed by atoms with Crippen LogP contribution >= 0.6 is 0 Å². The highest BCUT2D eigenvalue weighted by atomic mass is 16.3. The Balaban J connectivity index is 1.84. The number of rotatable bonds is 3. The van der Waals surface area contributed by atoms with E-state index >= 15 is 0 Å². The van der Waals surface area contributed by atoms with Crippen LogP contribution in [0.2, 0.25) is 0 Å². The normalized spacial score (nSPS) is 9.78. The van der Waals surface area contributed by atoms with Gasteiger partial charge in [0.1, 0.15) is 11.6 Å². The highest BCUT2D eigenvalue weighted by Crippen LogP contribution is 2.00. The number of anilines is 1. The van der Waals surface area contributed by atoms with Gasteiger partial charge >= 0.3 is 11.8 Å². The van der Waals surface area contributed by atoms with E-state index in [9.17, 15) is 9.59 Å². The van der Waals surface area contributed by atoms with Crippen LogP contribution in [0.15, 0.2) is 47.2 Å². The highest BCUT2D eigenvalue weighted by molar-refractivity contribution is 6.39. The average Bonchev–Trinajstić information content (AvgIpc) is 2.90. The second-order valence-corrected chi connectivity index (χ2v) is 3.43. The second kappa shape index (κ2) is 5.62. The van der Waals surface area contributed by atoms with Gasteiger partial charge in [0.25, 0.3) is 0 Å². The summed E-state index contributed by atoms with van der Waals surface area (Å²) in [5, 5.41) is 4.81. The van der Waals surface area contributed by atoms with E-state index in [4.69, 9.17) is 4.42 Å². The molecule has 0 aliphatic heterocycles. The predicted octanol–water partition coefficient (Wildman–Crippen LogP) is 0.929. The van der Waals surface area contributed by atoms with Gasteiger partial charge < -0.3 is 15.1 Å². The van der Waals surface area contributed by atoms with Crippen LogP contribution in [0, 0.1) is 0 Å². The fourth-order valence-electron chi connectivity index (χ4n) is 1.27. The van der Waals surface area contributed by atoms with E-state index in [2.05, 4.69) is 15.6 Å². The quantitative estimate of drug-likeness (QED) is 0.788. The van der Waals surface area contributed by atoms with Gasteiger partial charge in [0.05, 0.1) is 12.8 Å². The Kier molecular flexibility index (Phi) is 3.70. The molecule has 6 nitrogen and oxygen atoms in total. The predicted molar refractivity (Wildman–Crippen MR) is 63.4 cm³/mol. The zero-order valence-electron chi connectivity index (χ0n) is 9.42. The van der Waals surface area contributed by atoms with Crippen LogP contribution in [0.1, 0.15) is 5.76 Å². The molecule has 0 saturated carbocycles. The number of nitrogens with zero attached hydrogens (tertiary/aromatic N) is 1. The van der Waals surface area contributed by atoms with Gasteiger partial charge in [0.2, 0.25) is 0 Å². The summed E-state index contributed by atoms with van der Waals surface area (Å²) in [5.74, 6) is -0.595. The number of furan rings is 1. The molecule has 0 aliphatic rings. The monoisotopic (exact) mass is 245 g/mol. The lowest BCUT2D eigenvalue weighted by molar-refractivity contribution is -0.136. The molecule has 0 spiro atoms. The molecule has 0 atom stereocenters. The zero-order valence-corrected chi connectivity index (χ0v) is 9.42. The first-order valence-corrected chi connectivity index (χ1v) is 5.28. The zero-order chi connectivity index (χ0) is 12.8. The van der Waals surface area contributed by atoms with Crippen molar-refractivity contribution in [2.75, 3.05) is 5.32 Å². The number of hydrogen-bond acceptors (Lipinski definition) is 4. The van der Waals surface area contributed by atoms with Crippen molar-refractivity contribution in [3.63, 3.8) is 0 Å². The molecule has 0 bridgehead atoms. The van der Waals surface area contributed by atoms with E-state index in [1.54, 1.807) is 30.3 Å². The van der Waals surface area contributed by atoms with Gasteiger partial charge in [-0.05, 0) is 24.3 Å². The summed E-state index contributed by atoms with van der Waals surface area (Å²) in [6, 6.07) is 8.43. The van der Waals surface area contributed by atoms with Crippen LogP contribution in [0.4, 0.5) is 5.82 Å². The average molecular weight is 245 g/mol. The first-order chi connectivity index (χ1) is 8.75. The molecule has 0 saturated heterocycles. The molecule has 2 amide bonds. The molecule has 0 aliphatic carbocycles. The Hall–Kier alpha value is -2.63. The molecule has 92 valence electrons. The number of carbonyl (C=O) groups is 2. The Morgan fingerprint density at radius 2 is 2.06 bits per heavy atom. The van der Waals surface area contributed by atoms with Crippen molar-refractivity contribution in [2.45, 2.75) is 6.54 Å². The molecule has 6 heteroatoms. The van der Waals surface area contributed by atoms with Crippen LogP contribution in [0.25, 0.3) is 0 Å². The fourth-order valence-corrected chi connectivity index (χ4v) is 1.27. The lowest BCUT2D eigenvalue weighted by atomic mass is 10.4. The van der Waals surface area contributed by atoms with Crippen LogP contribution in [0.5, 0.6) is 0 Å². The van der Waals surface area contributed by atoms with E-state index in [0.717, 1.165) is 0 Å². The molecule has 0 aromatic carbocycles. The fraction of sp³-hybridized carbons (Fsp3) is 0.0833. The van der Waals surface area contributed by atoms with Crippen LogP contribution in [0.3, 0.4) is 0 Å². The maximum Gasteiger partial charge on any atom is 0.314 e. The summed E-state index contributed by atoms with van der Waals surface area (Å²) in [7, 11) is 0. The molecule has 2 rings (SSSR count). The lowest BCUT2D eigenvalue weighted by Crippen LogP contribution is -2.35. The summed E-state index contributed by atoms with van der Waals surface area (Å²) >= 11 is 0. The molecule has 0 fully saturated rings. The number of aromatic nitrogens is 1. The number of pyridine rings is 1. The number of nitrogens with one attached hydrogen (secondary N) is 2. The summed E-state index contributed by atoms with van der Waals surface area (Å²) in [5.41, 5.74) is 0. The van der Waals surface area contributed by atoms with Crippen molar-refractivity contribution in [1.29, 1.82) is 0 Å².